The Labute approximate surface area is 193 Å². The lowest BCUT2D eigenvalue weighted by Crippen LogP contribution is -2.41. The fraction of sp³-hybridized carbons (Fsp3) is 0.318. The molecule has 0 bridgehead atoms. The zero-order chi connectivity index (χ0) is 23.1. The summed E-state index contributed by atoms with van der Waals surface area (Å²) >= 11 is 6.26. The number of benzene rings is 2. The Balaban J connectivity index is 1.68. The van der Waals surface area contributed by atoms with Gasteiger partial charge in [-0.05, 0) is 67.8 Å². The monoisotopic (exact) mass is 494 g/mol. The van der Waals surface area contributed by atoms with Crippen LogP contribution in [0.15, 0.2) is 58.8 Å². The van der Waals surface area contributed by atoms with Crippen LogP contribution in [-0.4, -0.2) is 51.9 Å². The van der Waals surface area contributed by atoms with Crippen molar-refractivity contribution >= 4 is 43.1 Å². The maximum absolute atomic E-state index is 13.5. The Kier molecular flexibility index (Phi) is 6.19. The molecule has 4 rings (SSSR count). The molecule has 7 nitrogen and oxygen atoms in total. The number of rotatable bonds is 5. The Morgan fingerprint density at radius 3 is 2.31 bits per heavy atom. The average molecular weight is 495 g/mol. The van der Waals surface area contributed by atoms with E-state index in [1.807, 2.05) is 6.92 Å². The van der Waals surface area contributed by atoms with Gasteiger partial charge >= 0.3 is 0 Å². The summed E-state index contributed by atoms with van der Waals surface area (Å²) in [6.07, 6.45) is 3.15. The molecule has 1 saturated heterocycles. The summed E-state index contributed by atoms with van der Waals surface area (Å²) in [5.41, 5.74) is 1.54. The van der Waals surface area contributed by atoms with Crippen LogP contribution < -0.4 is 4.90 Å². The normalized spacial score (nSPS) is 20.5. The van der Waals surface area contributed by atoms with Crippen molar-refractivity contribution < 1.29 is 21.6 Å². The highest BCUT2D eigenvalue weighted by Gasteiger charge is 2.33. The number of carbonyl (C=O) groups excluding carboxylic acids is 1. The number of sulfone groups is 1. The van der Waals surface area contributed by atoms with E-state index in [1.165, 1.54) is 39.5 Å². The number of sulfonamides is 1. The van der Waals surface area contributed by atoms with Crippen LogP contribution in [0.3, 0.4) is 0 Å². The van der Waals surface area contributed by atoms with Gasteiger partial charge in [0.1, 0.15) is 0 Å². The maximum Gasteiger partial charge on any atom is 0.258 e. The van der Waals surface area contributed by atoms with Crippen molar-refractivity contribution in [2.24, 2.45) is 0 Å². The fourth-order valence-electron chi connectivity index (χ4n) is 3.90. The van der Waals surface area contributed by atoms with Gasteiger partial charge in [0, 0.05) is 34.8 Å². The van der Waals surface area contributed by atoms with Crippen LogP contribution >= 0.6 is 11.6 Å². The maximum atomic E-state index is 13.5. The number of halogens is 1. The molecule has 1 fully saturated rings. The topological polar surface area (TPSA) is 91.8 Å². The summed E-state index contributed by atoms with van der Waals surface area (Å²) < 4.78 is 51.0. The SMILES string of the molecule is Cc1ccc(N(C(=O)c2ccc(S(=O)(=O)N3CCCC3)cc2)C2C=CS(=O)(=O)C2)cc1Cl. The Morgan fingerprint density at radius 1 is 1.09 bits per heavy atom. The predicted molar refractivity (Wildman–Crippen MR) is 124 cm³/mol. The molecule has 0 spiro atoms. The standard InChI is InChI=1S/C22H23ClN2O5S2/c1-16-4-7-18(14-21(16)23)25(19-10-13-31(27,28)15-19)22(26)17-5-8-20(9-6-17)32(29,30)24-11-2-3-12-24/h4-10,13-14,19H,2-3,11-12,15H2,1H3. The van der Waals surface area contributed by atoms with Crippen molar-refractivity contribution in [1.29, 1.82) is 0 Å². The number of anilines is 1. The molecule has 0 radical (unpaired) electrons. The third kappa shape index (κ3) is 4.47. The third-order valence-electron chi connectivity index (χ3n) is 5.70. The molecule has 1 atom stereocenters. The van der Waals surface area contributed by atoms with Crippen molar-refractivity contribution in [3.8, 4) is 0 Å². The molecule has 2 aliphatic rings. The minimum Gasteiger partial charge on any atom is -0.300 e. The van der Waals surface area contributed by atoms with E-state index in [9.17, 15) is 21.6 Å². The molecule has 1 unspecified atom stereocenters. The molecule has 10 heteroatoms. The minimum absolute atomic E-state index is 0.129. The lowest BCUT2D eigenvalue weighted by atomic mass is 10.1. The van der Waals surface area contributed by atoms with Crippen molar-refractivity contribution in [3.63, 3.8) is 0 Å². The van der Waals surface area contributed by atoms with Gasteiger partial charge in [-0.3, -0.25) is 4.79 Å². The smallest absolute Gasteiger partial charge is 0.258 e. The van der Waals surface area contributed by atoms with Gasteiger partial charge in [-0.2, -0.15) is 4.31 Å². The van der Waals surface area contributed by atoms with E-state index in [0.29, 0.717) is 23.8 Å². The molecule has 0 N–H and O–H groups in total. The lowest BCUT2D eigenvalue weighted by molar-refractivity contribution is 0.0983. The van der Waals surface area contributed by atoms with Crippen LogP contribution in [-0.2, 0) is 19.9 Å². The van der Waals surface area contributed by atoms with E-state index in [2.05, 4.69) is 0 Å². The number of aryl methyl sites for hydroxylation is 1. The summed E-state index contributed by atoms with van der Waals surface area (Å²) in [6.45, 7) is 2.82. The Morgan fingerprint density at radius 2 is 1.75 bits per heavy atom. The number of nitrogens with zero attached hydrogens (tertiary/aromatic N) is 2. The average Bonchev–Trinajstić information content (AvgIpc) is 3.41. The van der Waals surface area contributed by atoms with E-state index < -0.39 is 31.8 Å². The zero-order valence-corrected chi connectivity index (χ0v) is 19.8. The van der Waals surface area contributed by atoms with Crippen LogP contribution in [0, 0.1) is 6.92 Å². The Bertz CT molecular complexity index is 1280. The molecule has 0 aromatic heterocycles. The highest BCUT2D eigenvalue weighted by atomic mass is 35.5. The first kappa shape index (κ1) is 23.0. The van der Waals surface area contributed by atoms with Crippen LogP contribution in [0.25, 0.3) is 0 Å². The first-order valence-electron chi connectivity index (χ1n) is 10.2. The number of hydrogen-bond acceptors (Lipinski definition) is 5. The number of carbonyl (C=O) groups is 1. The second-order valence-corrected chi connectivity index (χ2v) is 12.2. The summed E-state index contributed by atoms with van der Waals surface area (Å²) in [6, 6.07) is 10.2. The summed E-state index contributed by atoms with van der Waals surface area (Å²) in [7, 11) is -7.00. The molecule has 2 heterocycles. The van der Waals surface area contributed by atoms with Crippen molar-refractivity contribution in [1.82, 2.24) is 4.31 Å². The summed E-state index contributed by atoms with van der Waals surface area (Å²) in [5.74, 6) is -0.673. The van der Waals surface area contributed by atoms with Crippen molar-refractivity contribution in [2.75, 3.05) is 23.7 Å². The van der Waals surface area contributed by atoms with Crippen molar-refractivity contribution in [2.45, 2.75) is 30.7 Å². The lowest BCUT2D eigenvalue weighted by Gasteiger charge is -2.28. The molecule has 2 aromatic rings. The highest BCUT2D eigenvalue weighted by molar-refractivity contribution is 7.94. The quantitative estimate of drug-likeness (QED) is 0.635. The molecule has 1 amide bonds. The number of amides is 1. The van der Waals surface area contributed by atoms with Crippen LogP contribution in [0.5, 0.6) is 0 Å². The molecule has 0 saturated carbocycles. The molecular formula is C22H23ClN2O5S2. The minimum atomic E-state index is -3.59. The summed E-state index contributed by atoms with van der Waals surface area (Å²) in [5, 5.41) is 1.57. The number of hydrogen-bond donors (Lipinski definition) is 0. The van der Waals surface area contributed by atoms with Crippen LogP contribution in [0.1, 0.15) is 28.8 Å². The highest BCUT2D eigenvalue weighted by Crippen LogP contribution is 2.29. The van der Waals surface area contributed by atoms with Gasteiger partial charge in [-0.25, -0.2) is 16.8 Å². The van der Waals surface area contributed by atoms with E-state index in [0.717, 1.165) is 23.8 Å². The van der Waals surface area contributed by atoms with Gasteiger partial charge in [0.2, 0.25) is 10.0 Å². The van der Waals surface area contributed by atoms with E-state index in [-0.39, 0.29) is 16.2 Å². The second kappa shape index (κ2) is 8.62. The Hall–Kier alpha value is -2.20. The molecule has 170 valence electrons. The fourth-order valence-corrected chi connectivity index (χ4v) is 6.86. The van der Waals surface area contributed by atoms with Crippen LogP contribution in [0.2, 0.25) is 5.02 Å². The van der Waals surface area contributed by atoms with Gasteiger partial charge < -0.3 is 4.90 Å². The van der Waals surface area contributed by atoms with Gasteiger partial charge in [-0.15, -0.1) is 0 Å². The second-order valence-electron chi connectivity index (χ2n) is 7.97. The van der Waals surface area contributed by atoms with E-state index in [1.54, 1.807) is 18.2 Å². The van der Waals surface area contributed by atoms with E-state index in [4.69, 9.17) is 11.6 Å². The van der Waals surface area contributed by atoms with Crippen LogP contribution in [0.4, 0.5) is 5.69 Å². The largest absolute Gasteiger partial charge is 0.300 e. The van der Waals surface area contributed by atoms with Gasteiger partial charge in [0.25, 0.3) is 5.91 Å². The van der Waals surface area contributed by atoms with Gasteiger partial charge in [0.15, 0.2) is 9.84 Å². The third-order valence-corrected chi connectivity index (χ3v) is 9.40. The van der Waals surface area contributed by atoms with E-state index >= 15 is 0 Å². The zero-order valence-electron chi connectivity index (χ0n) is 17.4. The van der Waals surface area contributed by atoms with Gasteiger partial charge in [-0.1, -0.05) is 17.7 Å². The molecule has 2 aromatic carbocycles. The van der Waals surface area contributed by atoms with Gasteiger partial charge in [0.05, 0.1) is 16.7 Å². The first-order valence-corrected chi connectivity index (χ1v) is 13.7. The molecule has 32 heavy (non-hydrogen) atoms. The van der Waals surface area contributed by atoms with Crippen molar-refractivity contribution in [3.05, 3.63) is 70.1 Å². The molecule has 2 aliphatic heterocycles. The first-order chi connectivity index (χ1) is 15.1. The molecule has 0 aliphatic carbocycles. The summed E-state index contributed by atoms with van der Waals surface area (Å²) in [4.78, 5) is 15.0. The molecular weight excluding hydrogens is 472 g/mol. The predicted octanol–water partition coefficient (Wildman–Crippen LogP) is 3.39.